The molecule has 1 saturated heterocycles. The lowest BCUT2D eigenvalue weighted by Gasteiger charge is -2.34. The van der Waals surface area contributed by atoms with E-state index in [1.807, 2.05) is 13.0 Å². The number of piperazine rings is 1. The molecule has 0 radical (unpaired) electrons. The number of carbonyl (C=O) groups is 2. The van der Waals surface area contributed by atoms with Crippen LogP contribution in [0.3, 0.4) is 0 Å². The Morgan fingerprint density at radius 3 is 2.26 bits per heavy atom. The van der Waals surface area contributed by atoms with E-state index >= 15 is 0 Å². The van der Waals surface area contributed by atoms with Crippen LogP contribution in [0.1, 0.15) is 17.3 Å². The Balaban J connectivity index is 1.94. The second-order valence-electron chi connectivity index (χ2n) is 5.13. The number of rotatable bonds is 3. The molecule has 23 heavy (non-hydrogen) atoms. The molecule has 2 amide bonds. The Kier molecular flexibility index (Phi) is 5.62. The fourth-order valence-electron chi connectivity index (χ4n) is 2.30. The van der Waals surface area contributed by atoms with E-state index in [1.165, 1.54) is 17.0 Å². The zero-order valence-corrected chi connectivity index (χ0v) is 12.8. The van der Waals surface area contributed by atoms with E-state index < -0.39 is 11.6 Å². The summed E-state index contributed by atoms with van der Waals surface area (Å²) in [5.41, 5.74) is 0.108. The first kappa shape index (κ1) is 16.9. The normalized spacial score (nSPS) is 15.6. The van der Waals surface area contributed by atoms with Crippen molar-refractivity contribution in [2.45, 2.75) is 6.92 Å². The lowest BCUT2D eigenvalue weighted by Crippen LogP contribution is -2.50. The SMILES string of the molecule is C/C=C/C=C/C(=O)N1CCN(C(=O)c2ccc(F)c(F)c2)CC1. The molecule has 122 valence electrons. The van der Waals surface area contributed by atoms with Crippen molar-refractivity contribution in [1.29, 1.82) is 0 Å². The van der Waals surface area contributed by atoms with Gasteiger partial charge in [0.15, 0.2) is 11.6 Å². The van der Waals surface area contributed by atoms with Crippen molar-refractivity contribution < 1.29 is 18.4 Å². The van der Waals surface area contributed by atoms with Gasteiger partial charge in [-0.1, -0.05) is 18.2 Å². The minimum absolute atomic E-state index is 0.108. The largest absolute Gasteiger partial charge is 0.336 e. The standard InChI is InChI=1S/C17H18F2N2O2/c1-2-3-4-5-16(22)20-8-10-21(11-9-20)17(23)13-6-7-14(18)15(19)12-13/h2-7,12H,8-11H2,1H3/b3-2+,5-4+. The molecule has 0 unspecified atom stereocenters. The quantitative estimate of drug-likeness (QED) is 0.634. The smallest absolute Gasteiger partial charge is 0.254 e. The third-order valence-corrected chi connectivity index (χ3v) is 3.59. The molecule has 0 bridgehead atoms. The predicted molar refractivity (Wildman–Crippen MR) is 82.8 cm³/mol. The molecule has 4 nitrogen and oxygen atoms in total. The fraction of sp³-hybridized carbons (Fsp3) is 0.294. The third-order valence-electron chi connectivity index (χ3n) is 3.59. The number of halogens is 2. The minimum Gasteiger partial charge on any atom is -0.336 e. The lowest BCUT2D eigenvalue weighted by atomic mass is 10.1. The molecule has 6 heteroatoms. The van der Waals surface area contributed by atoms with Gasteiger partial charge in [0.2, 0.25) is 5.91 Å². The van der Waals surface area contributed by atoms with Crippen molar-refractivity contribution in [3.8, 4) is 0 Å². The summed E-state index contributed by atoms with van der Waals surface area (Å²) >= 11 is 0. The molecule has 1 heterocycles. The molecular formula is C17H18F2N2O2. The Bertz CT molecular complexity index is 648. The van der Waals surface area contributed by atoms with Crippen LogP contribution in [0.2, 0.25) is 0 Å². The maximum absolute atomic E-state index is 13.2. The number of allylic oxidation sites excluding steroid dienone is 3. The number of hydrogen-bond acceptors (Lipinski definition) is 2. The summed E-state index contributed by atoms with van der Waals surface area (Å²) in [6.45, 7) is 3.41. The Morgan fingerprint density at radius 2 is 1.65 bits per heavy atom. The van der Waals surface area contributed by atoms with E-state index in [0.717, 1.165) is 12.1 Å². The second-order valence-corrected chi connectivity index (χ2v) is 5.13. The van der Waals surface area contributed by atoms with Gasteiger partial charge in [0.1, 0.15) is 0 Å². The van der Waals surface area contributed by atoms with Gasteiger partial charge in [-0.2, -0.15) is 0 Å². The van der Waals surface area contributed by atoms with Gasteiger partial charge in [0, 0.05) is 37.8 Å². The molecular weight excluding hydrogens is 302 g/mol. The molecule has 0 aromatic heterocycles. The summed E-state index contributed by atoms with van der Waals surface area (Å²) in [7, 11) is 0. The van der Waals surface area contributed by atoms with Crippen molar-refractivity contribution in [2.24, 2.45) is 0 Å². The van der Waals surface area contributed by atoms with E-state index in [0.29, 0.717) is 26.2 Å². The summed E-state index contributed by atoms with van der Waals surface area (Å²) < 4.78 is 26.1. The zero-order valence-electron chi connectivity index (χ0n) is 12.8. The summed E-state index contributed by atoms with van der Waals surface area (Å²) in [6, 6.07) is 3.10. The summed E-state index contributed by atoms with van der Waals surface area (Å²) in [6.07, 6.45) is 6.73. The molecule has 1 aliphatic rings. The van der Waals surface area contributed by atoms with Gasteiger partial charge in [-0.3, -0.25) is 9.59 Å². The first-order valence-corrected chi connectivity index (χ1v) is 7.35. The summed E-state index contributed by atoms with van der Waals surface area (Å²) in [4.78, 5) is 27.4. The van der Waals surface area contributed by atoms with E-state index in [9.17, 15) is 18.4 Å². The molecule has 2 rings (SSSR count). The average Bonchev–Trinajstić information content (AvgIpc) is 2.57. The van der Waals surface area contributed by atoms with Crippen LogP contribution in [0.4, 0.5) is 8.78 Å². The fourth-order valence-corrected chi connectivity index (χ4v) is 2.30. The molecule has 0 spiro atoms. The highest BCUT2D eigenvalue weighted by Crippen LogP contribution is 2.13. The number of amides is 2. The molecule has 1 aromatic carbocycles. The second kappa shape index (κ2) is 7.67. The Hall–Kier alpha value is -2.50. The van der Waals surface area contributed by atoms with Crippen LogP contribution in [-0.4, -0.2) is 47.8 Å². The van der Waals surface area contributed by atoms with Gasteiger partial charge in [0.25, 0.3) is 5.91 Å². The van der Waals surface area contributed by atoms with Crippen molar-refractivity contribution in [3.63, 3.8) is 0 Å². The number of nitrogens with zero attached hydrogens (tertiary/aromatic N) is 2. The topological polar surface area (TPSA) is 40.6 Å². The highest BCUT2D eigenvalue weighted by Gasteiger charge is 2.24. The lowest BCUT2D eigenvalue weighted by molar-refractivity contribution is -0.127. The van der Waals surface area contributed by atoms with Gasteiger partial charge in [0.05, 0.1) is 0 Å². The maximum Gasteiger partial charge on any atom is 0.254 e. The van der Waals surface area contributed by atoms with Gasteiger partial charge in [-0.05, 0) is 25.1 Å². The van der Waals surface area contributed by atoms with Crippen LogP contribution in [0.15, 0.2) is 42.5 Å². The predicted octanol–water partition coefficient (Wildman–Crippen LogP) is 2.38. The van der Waals surface area contributed by atoms with Crippen LogP contribution in [-0.2, 0) is 4.79 Å². The van der Waals surface area contributed by atoms with Crippen LogP contribution in [0.25, 0.3) is 0 Å². The van der Waals surface area contributed by atoms with Crippen molar-refractivity contribution in [3.05, 3.63) is 59.7 Å². The zero-order chi connectivity index (χ0) is 16.8. The molecule has 1 fully saturated rings. The average molecular weight is 320 g/mol. The van der Waals surface area contributed by atoms with Crippen LogP contribution in [0, 0.1) is 11.6 Å². The molecule has 0 atom stereocenters. The van der Waals surface area contributed by atoms with Crippen LogP contribution < -0.4 is 0 Å². The van der Waals surface area contributed by atoms with Crippen molar-refractivity contribution in [2.75, 3.05) is 26.2 Å². The first-order chi connectivity index (χ1) is 11.0. The van der Waals surface area contributed by atoms with Crippen molar-refractivity contribution in [1.82, 2.24) is 9.80 Å². The third kappa shape index (κ3) is 4.25. The molecule has 0 saturated carbocycles. The first-order valence-electron chi connectivity index (χ1n) is 7.35. The Morgan fingerprint density at radius 1 is 1.00 bits per heavy atom. The van der Waals surface area contributed by atoms with Crippen LogP contribution >= 0.6 is 0 Å². The van der Waals surface area contributed by atoms with Gasteiger partial charge in [-0.15, -0.1) is 0 Å². The minimum atomic E-state index is -1.04. The highest BCUT2D eigenvalue weighted by atomic mass is 19.2. The monoisotopic (exact) mass is 320 g/mol. The Labute approximate surface area is 133 Å². The van der Waals surface area contributed by atoms with Gasteiger partial charge >= 0.3 is 0 Å². The number of carbonyl (C=O) groups excluding carboxylic acids is 2. The molecule has 1 aromatic rings. The van der Waals surface area contributed by atoms with Crippen LogP contribution in [0.5, 0.6) is 0 Å². The van der Waals surface area contributed by atoms with Gasteiger partial charge in [-0.25, -0.2) is 8.78 Å². The summed E-state index contributed by atoms with van der Waals surface area (Å²) in [5, 5.41) is 0. The number of benzene rings is 1. The number of hydrogen-bond donors (Lipinski definition) is 0. The van der Waals surface area contributed by atoms with E-state index in [-0.39, 0.29) is 17.4 Å². The van der Waals surface area contributed by atoms with E-state index in [1.54, 1.807) is 17.1 Å². The van der Waals surface area contributed by atoms with Gasteiger partial charge < -0.3 is 9.80 Å². The van der Waals surface area contributed by atoms with E-state index in [2.05, 4.69) is 0 Å². The summed E-state index contributed by atoms with van der Waals surface area (Å²) in [5.74, 6) is -2.49. The molecule has 0 N–H and O–H groups in total. The molecule has 0 aliphatic carbocycles. The highest BCUT2D eigenvalue weighted by molar-refractivity contribution is 5.94. The molecule has 1 aliphatic heterocycles. The van der Waals surface area contributed by atoms with Crippen molar-refractivity contribution >= 4 is 11.8 Å². The maximum atomic E-state index is 13.2. The van der Waals surface area contributed by atoms with E-state index in [4.69, 9.17) is 0 Å².